The summed E-state index contributed by atoms with van der Waals surface area (Å²) < 4.78 is 18.9. The van der Waals surface area contributed by atoms with Crippen molar-refractivity contribution in [2.45, 2.75) is 45.1 Å². The summed E-state index contributed by atoms with van der Waals surface area (Å²) in [5, 5.41) is 0. The molecule has 0 aliphatic carbocycles. The molecule has 1 unspecified atom stereocenters. The molecular formula is C22H32FN3O3. The maximum Gasteiger partial charge on any atom is 0.239 e. The molecule has 0 spiro atoms. The second-order valence-electron chi connectivity index (χ2n) is 7.86. The largest absolute Gasteiger partial charge is 0.491 e. The Morgan fingerprint density at radius 3 is 2.38 bits per heavy atom. The smallest absolute Gasteiger partial charge is 0.239 e. The van der Waals surface area contributed by atoms with Crippen molar-refractivity contribution >= 4 is 11.8 Å². The number of carbonyl (C=O) groups excluding carboxylic acids is 2. The Labute approximate surface area is 172 Å². The van der Waals surface area contributed by atoms with Gasteiger partial charge in [-0.15, -0.1) is 0 Å². The van der Waals surface area contributed by atoms with Crippen LogP contribution in [0.3, 0.4) is 0 Å². The fraction of sp³-hybridized carbons (Fsp3) is 0.636. The Morgan fingerprint density at radius 2 is 1.69 bits per heavy atom. The summed E-state index contributed by atoms with van der Waals surface area (Å²) >= 11 is 0. The van der Waals surface area contributed by atoms with E-state index in [1.54, 1.807) is 18.2 Å². The lowest BCUT2D eigenvalue weighted by atomic mass is 10.1. The van der Waals surface area contributed by atoms with Crippen LogP contribution in [0, 0.1) is 5.82 Å². The number of rotatable bonds is 7. The van der Waals surface area contributed by atoms with Gasteiger partial charge in [-0.05, 0) is 44.7 Å². The molecule has 29 heavy (non-hydrogen) atoms. The molecule has 0 bridgehead atoms. The van der Waals surface area contributed by atoms with Crippen LogP contribution in [0.1, 0.15) is 39.0 Å². The van der Waals surface area contributed by atoms with Gasteiger partial charge in [0.1, 0.15) is 0 Å². The summed E-state index contributed by atoms with van der Waals surface area (Å²) in [5.41, 5.74) is 0. The third-order valence-corrected chi connectivity index (χ3v) is 5.87. The number of likely N-dealkylation sites (tertiary alicyclic amines) is 1. The highest BCUT2D eigenvalue weighted by molar-refractivity contribution is 5.81. The summed E-state index contributed by atoms with van der Waals surface area (Å²) in [6.07, 6.45) is 4.35. The van der Waals surface area contributed by atoms with Gasteiger partial charge in [-0.1, -0.05) is 12.1 Å². The summed E-state index contributed by atoms with van der Waals surface area (Å²) in [6.45, 7) is 6.77. The van der Waals surface area contributed by atoms with E-state index in [4.69, 9.17) is 4.74 Å². The van der Waals surface area contributed by atoms with Crippen LogP contribution >= 0.6 is 0 Å². The minimum absolute atomic E-state index is 0.0943. The minimum Gasteiger partial charge on any atom is -0.491 e. The fourth-order valence-corrected chi connectivity index (χ4v) is 4.02. The third-order valence-electron chi connectivity index (χ3n) is 5.87. The van der Waals surface area contributed by atoms with Gasteiger partial charge in [-0.2, -0.15) is 0 Å². The predicted octanol–water partition coefficient (Wildman–Crippen LogP) is 2.53. The number of amides is 2. The van der Waals surface area contributed by atoms with Crippen molar-refractivity contribution in [1.82, 2.24) is 14.7 Å². The first-order valence-electron chi connectivity index (χ1n) is 10.7. The zero-order valence-corrected chi connectivity index (χ0v) is 17.3. The van der Waals surface area contributed by atoms with Gasteiger partial charge in [0.2, 0.25) is 11.8 Å². The summed E-state index contributed by atoms with van der Waals surface area (Å²) in [4.78, 5) is 31.2. The number of ether oxygens (including phenoxy) is 1. The normalized spacial score (nSPS) is 19.1. The molecule has 0 saturated carbocycles. The van der Waals surface area contributed by atoms with E-state index in [1.165, 1.54) is 12.5 Å². The molecule has 3 rings (SSSR count). The standard InChI is InChI=1S/C22H32FN3O3/c1-18(22(28)26-11-5-2-6-12-26)24-13-15-25(16-14-24)21(27)10-7-17-29-20-9-4-3-8-19(20)23/h3-4,8-9,18H,2,5-7,10-17H2,1H3. The number of hydrogen-bond donors (Lipinski definition) is 0. The lowest BCUT2D eigenvalue weighted by Crippen LogP contribution is -2.56. The number of piperazine rings is 1. The van der Waals surface area contributed by atoms with Gasteiger partial charge in [0.25, 0.3) is 0 Å². The maximum atomic E-state index is 13.5. The predicted molar refractivity (Wildman–Crippen MR) is 109 cm³/mol. The molecule has 2 fully saturated rings. The summed E-state index contributed by atoms with van der Waals surface area (Å²) in [7, 11) is 0. The van der Waals surface area contributed by atoms with Gasteiger partial charge in [-0.25, -0.2) is 4.39 Å². The Balaban J connectivity index is 1.35. The molecule has 1 aromatic rings. The van der Waals surface area contributed by atoms with Crippen molar-refractivity contribution in [3.63, 3.8) is 0 Å². The van der Waals surface area contributed by atoms with Crippen LogP contribution in [0.25, 0.3) is 0 Å². The van der Waals surface area contributed by atoms with Gasteiger partial charge < -0.3 is 14.5 Å². The van der Waals surface area contributed by atoms with Gasteiger partial charge in [0.15, 0.2) is 11.6 Å². The number of nitrogens with zero attached hydrogens (tertiary/aromatic N) is 3. The van der Waals surface area contributed by atoms with Gasteiger partial charge in [-0.3, -0.25) is 14.5 Å². The number of hydrogen-bond acceptors (Lipinski definition) is 4. The molecule has 2 aliphatic heterocycles. The first-order valence-corrected chi connectivity index (χ1v) is 10.7. The van der Waals surface area contributed by atoms with E-state index < -0.39 is 0 Å². The maximum absolute atomic E-state index is 13.5. The molecule has 7 heteroatoms. The SMILES string of the molecule is CC(C(=O)N1CCCCC1)N1CCN(C(=O)CCCOc2ccccc2F)CC1. The lowest BCUT2D eigenvalue weighted by molar-refractivity contribution is -0.139. The van der Waals surface area contributed by atoms with E-state index in [1.807, 2.05) is 16.7 Å². The zero-order chi connectivity index (χ0) is 20.6. The Morgan fingerprint density at radius 1 is 1.00 bits per heavy atom. The number of benzene rings is 1. The number of para-hydroxylation sites is 1. The first-order chi connectivity index (χ1) is 14.1. The van der Waals surface area contributed by atoms with Crippen molar-refractivity contribution in [2.24, 2.45) is 0 Å². The Bertz CT molecular complexity index is 686. The molecule has 0 N–H and O–H groups in total. The quantitative estimate of drug-likeness (QED) is 0.654. The summed E-state index contributed by atoms with van der Waals surface area (Å²) in [6, 6.07) is 6.16. The van der Waals surface area contributed by atoms with Crippen LogP contribution in [0.5, 0.6) is 5.75 Å². The monoisotopic (exact) mass is 405 g/mol. The van der Waals surface area contributed by atoms with E-state index in [-0.39, 0.29) is 29.4 Å². The molecule has 2 amide bonds. The fourth-order valence-electron chi connectivity index (χ4n) is 4.02. The van der Waals surface area contributed by atoms with Crippen LogP contribution in [0.2, 0.25) is 0 Å². The molecule has 1 atom stereocenters. The van der Waals surface area contributed by atoms with E-state index in [0.717, 1.165) is 39.0 Å². The second kappa shape index (κ2) is 10.6. The van der Waals surface area contributed by atoms with Crippen molar-refractivity contribution in [2.75, 3.05) is 45.9 Å². The van der Waals surface area contributed by atoms with Gasteiger partial charge >= 0.3 is 0 Å². The van der Waals surface area contributed by atoms with Crippen molar-refractivity contribution in [1.29, 1.82) is 0 Å². The lowest BCUT2D eigenvalue weighted by Gasteiger charge is -2.39. The topological polar surface area (TPSA) is 53.1 Å². The first kappa shape index (κ1) is 21.6. The van der Waals surface area contributed by atoms with E-state index in [0.29, 0.717) is 32.5 Å². The Kier molecular flexibility index (Phi) is 7.86. The highest BCUT2D eigenvalue weighted by Gasteiger charge is 2.30. The molecule has 2 heterocycles. The minimum atomic E-state index is -0.386. The van der Waals surface area contributed by atoms with Crippen molar-refractivity contribution in [3.05, 3.63) is 30.1 Å². The third kappa shape index (κ3) is 5.92. The van der Waals surface area contributed by atoms with Crippen LogP contribution in [0.4, 0.5) is 4.39 Å². The molecule has 0 aromatic heterocycles. The highest BCUT2D eigenvalue weighted by Crippen LogP contribution is 2.17. The van der Waals surface area contributed by atoms with Crippen LogP contribution < -0.4 is 4.74 Å². The average Bonchev–Trinajstić information content (AvgIpc) is 2.77. The van der Waals surface area contributed by atoms with Gasteiger partial charge in [0.05, 0.1) is 12.6 Å². The van der Waals surface area contributed by atoms with E-state index >= 15 is 0 Å². The van der Waals surface area contributed by atoms with Crippen molar-refractivity contribution < 1.29 is 18.7 Å². The molecular weight excluding hydrogens is 373 g/mol. The van der Waals surface area contributed by atoms with Crippen molar-refractivity contribution in [3.8, 4) is 5.75 Å². The van der Waals surface area contributed by atoms with Crippen LogP contribution in [-0.4, -0.2) is 78.4 Å². The van der Waals surface area contributed by atoms with Gasteiger partial charge in [0, 0.05) is 45.7 Å². The molecule has 6 nitrogen and oxygen atoms in total. The van der Waals surface area contributed by atoms with E-state index in [2.05, 4.69) is 4.90 Å². The van der Waals surface area contributed by atoms with E-state index in [9.17, 15) is 14.0 Å². The Hall–Kier alpha value is -2.15. The zero-order valence-electron chi connectivity index (χ0n) is 17.3. The number of piperidine rings is 1. The number of carbonyl (C=O) groups is 2. The average molecular weight is 406 g/mol. The highest BCUT2D eigenvalue weighted by atomic mass is 19.1. The second-order valence-corrected chi connectivity index (χ2v) is 7.86. The molecule has 2 aliphatic rings. The molecule has 2 saturated heterocycles. The van der Waals surface area contributed by atoms with Crippen LogP contribution in [-0.2, 0) is 9.59 Å². The molecule has 160 valence electrons. The molecule has 1 aromatic carbocycles. The van der Waals surface area contributed by atoms with Crippen LogP contribution in [0.15, 0.2) is 24.3 Å². The summed E-state index contributed by atoms with van der Waals surface area (Å²) in [5.74, 6) is 0.149. The number of halogens is 1. The molecule has 0 radical (unpaired) electrons.